The van der Waals surface area contributed by atoms with E-state index < -0.39 is 9.84 Å². The van der Waals surface area contributed by atoms with Crippen LogP contribution in [-0.2, 0) is 14.6 Å². The molecule has 1 saturated carbocycles. The van der Waals surface area contributed by atoms with Gasteiger partial charge >= 0.3 is 0 Å². The summed E-state index contributed by atoms with van der Waals surface area (Å²) >= 11 is 0. The third-order valence-electron chi connectivity index (χ3n) is 7.59. The number of carbonyl (C=O) groups excluding carboxylic acids is 1. The number of morpholine rings is 1. The van der Waals surface area contributed by atoms with E-state index in [1.807, 2.05) is 32.9 Å². The second-order valence-electron chi connectivity index (χ2n) is 11.9. The number of amides is 1. The highest BCUT2D eigenvalue weighted by molar-refractivity contribution is 7.91. The van der Waals surface area contributed by atoms with Crippen LogP contribution in [0.5, 0.6) is 0 Å². The molecule has 0 bridgehead atoms. The molecule has 5 rings (SSSR count). The van der Waals surface area contributed by atoms with Gasteiger partial charge in [-0.3, -0.25) is 4.79 Å². The lowest BCUT2D eigenvalue weighted by Crippen LogP contribution is -2.39. The molecule has 1 aliphatic carbocycles. The third kappa shape index (κ3) is 6.09. The van der Waals surface area contributed by atoms with Crippen molar-refractivity contribution in [1.29, 1.82) is 0 Å². The lowest BCUT2D eigenvalue weighted by atomic mass is 9.93. The van der Waals surface area contributed by atoms with Gasteiger partial charge in [0.05, 0.1) is 29.4 Å². The van der Waals surface area contributed by atoms with Crippen molar-refractivity contribution in [3.05, 3.63) is 42.0 Å². The minimum absolute atomic E-state index is 0.0327. The molecular formula is C28H38N4O4S. The fourth-order valence-electron chi connectivity index (χ4n) is 5.31. The van der Waals surface area contributed by atoms with Crippen LogP contribution in [-0.4, -0.2) is 64.5 Å². The van der Waals surface area contributed by atoms with E-state index in [9.17, 15) is 13.2 Å². The van der Waals surface area contributed by atoms with E-state index in [0.29, 0.717) is 35.7 Å². The summed E-state index contributed by atoms with van der Waals surface area (Å²) in [7, 11) is -3.48. The number of hydrogen-bond acceptors (Lipinski definition) is 7. The van der Waals surface area contributed by atoms with E-state index in [4.69, 9.17) is 9.72 Å². The second kappa shape index (κ2) is 9.91. The molecule has 0 unspecified atom stereocenters. The van der Waals surface area contributed by atoms with Gasteiger partial charge in [0.15, 0.2) is 9.84 Å². The van der Waals surface area contributed by atoms with Gasteiger partial charge in [0, 0.05) is 31.9 Å². The highest BCUT2D eigenvalue weighted by Gasteiger charge is 2.45. The van der Waals surface area contributed by atoms with Gasteiger partial charge in [0.25, 0.3) is 5.91 Å². The van der Waals surface area contributed by atoms with Gasteiger partial charge in [-0.15, -0.1) is 0 Å². The number of aromatic nitrogens is 1. The second-order valence-corrected chi connectivity index (χ2v) is 13.9. The molecule has 9 heteroatoms. The van der Waals surface area contributed by atoms with E-state index in [1.54, 1.807) is 24.3 Å². The average Bonchev–Trinajstić information content (AvgIpc) is 3.62. The molecule has 1 spiro atoms. The van der Waals surface area contributed by atoms with Gasteiger partial charge in [0.2, 0.25) is 0 Å². The first-order valence-electron chi connectivity index (χ1n) is 13.3. The first kappa shape index (κ1) is 26.0. The summed E-state index contributed by atoms with van der Waals surface area (Å²) in [6, 6.07) is 10.3. The van der Waals surface area contributed by atoms with Gasteiger partial charge in [-0.25, -0.2) is 13.4 Å². The monoisotopic (exact) mass is 526 g/mol. The molecule has 1 N–H and O–H groups in total. The van der Waals surface area contributed by atoms with Crippen molar-refractivity contribution in [2.45, 2.75) is 51.3 Å². The van der Waals surface area contributed by atoms with Crippen LogP contribution >= 0.6 is 0 Å². The zero-order valence-corrected chi connectivity index (χ0v) is 22.9. The Morgan fingerprint density at radius 1 is 1.00 bits per heavy atom. The number of hydrogen-bond donors (Lipinski definition) is 1. The molecule has 200 valence electrons. The molecule has 1 amide bonds. The van der Waals surface area contributed by atoms with Crippen molar-refractivity contribution in [2.24, 2.45) is 10.8 Å². The Balaban J connectivity index is 1.40. The van der Waals surface area contributed by atoms with Gasteiger partial charge in [-0.1, -0.05) is 26.8 Å². The molecule has 2 aromatic rings. The molecule has 0 atom stereocenters. The topological polar surface area (TPSA) is 91.8 Å². The Morgan fingerprint density at radius 3 is 2.35 bits per heavy atom. The van der Waals surface area contributed by atoms with Crippen molar-refractivity contribution in [3.8, 4) is 0 Å². The minimum Gasteiger partial charge on any atom is -0.378 e. The highest BCUT2D eigenvalue weighted by Crippen LogP contribution is 2.54. The normalized spacial score (nSPS) is 19.6. The van der Waals surface area contributed by atoms with Gasteiger partial charge in [-0.2, -0.15) is 0 Å². The summed E-state index contributed by atoms with van der Waals surface area (Å²) in [5.74, 6) is 1.31. The number of nitrogens with zero attached hydrogens (tertiary/aromatic N) is 3. The van der Waals surface area contributed by atoms with E-state index in [2.05, 4.69) is 15.1 Å². The van der Waals surface area contributed by atoms with Gasteiger partial charge < -0.3 is 19.9 Å². The van der Waals surface area contributed by atoms with Crippen LogP contribution in [0, 0.1) is 10.8 Å². The quantitative estimate of drug-likeness (QED) is 0.598. The van der Waals surface area contributed by atoms with Crippen LogP contribution in [0.15, 0.2) is 41.3 Å². The SMILES string of the molecule is CC(C)(C)CS(=O)(=O)c1cccc(NC(=O)c2ccc(N3CCOCC3)nc2N2CCC3(CC2)CC3)c1. The fourth-order valence-corrected chi connectivity index (χ4v) is 7.21. The van der Waals surface area contributed by atoms with E-state index in [-0.39, 0.29) is 22.0 Å². The molecule has 2 saturated heterocycles. The number of ether oxygens (including phenoxy) is 1. The molecule has 0 radical (unpaired) electrons. The summed E-state index contributed by atoms with van der Waals surface area (Å²) in [5.41, 5.74) is 1.11. The summed E-state index contributed by atoms with van der Waals surface area (Å²) in [4.78, 5) is 23.2. The number of sulfone groups is 1. The standard InChI is InChI=1S/C28H38N4O4S/c1-27(2,3)20-37(34,35)22-6-4-5-21(19-22)29-26(33)23-7-8-24(31-15-17-36-18-16-31)30-25(23)32-13-11-28(9-10-28)12-14-32/h4-8,19H,9-18,20H2,1-3H3,(H,29,33). The van der Waals surface area contributed by atoms with E-state index in [0.717, 1.165) is 44.8 Å². The number of nitrogens with one attached hydrogen (secondary N) is 1. The van der Waals surface area contributed by atoms with Crippen LogP contribution in [0.1, 0.15) is 56.8 Å². The number of piperidine rings is 1. The first-order valence-corrected chi connectivity index (χ1v) is 14.9. The maximum Gasteiger partial charge on any atom is 0.259 e. The average molecular weight is 527 g/mol. The molecular weight excluding hydrogens is 488 g/mol. The van der Waals surface area contributed by atoms with Gasteiger partial charge in [-0.05, 0) is 66.8 Å². The number of rotatable bonds is 6. The summed E-state index contributed by atoms with van der Waals surface area (Å²) in [6.07, 6.45) is 4.88. The Bertz CT molecular complexity index is 1250. The van der Waals surface area contributed by atoms with Crippen LogP contribution in [0.4, 0.5) is 17.3 Å². The van der Waals surface area contributed by atoms with Crippen molar-refractivity contribution in [3.63, 3.8) is 0 Å². The zero-order chi connectivity index (χ0) is 26.3. The maximum atomic E-state index is 13.5. The van der Waals surface area contributed by atoms with Crippen LogP contribution in [0.3, 0.4) is 0 Å². The molecule has 1 aromatic carbocycles. The van der Waals surface area contributed by atoms with Crippen LogP contribution < -0.4 is 15.1 Å². The molecule has 3 aliphatic rings. The van der Waals surface area contributed by atoms with Crippen LogP contribution in [0.2, 0.25) is 0 Å². The predicted octanol–water partition coefficient (Wildman–Crippen LogP) is 4.37. The number of benzene rings is 1. The minimum atomic E-state index is -3.48. The number of carbonyl (C=O) groups is 1. The lowest BCUT2D eigenvalue weighted by molar-refractivity contribution is 0.102. The van der Waals surface area contributed by atoms with Crippen molar-refractivity contribution in [2.75, 3.05) is 60.3 Å². The predicted molar refractivity (Wildman–Crippen MR) is 146 cm³/mol. The largest absolute Gasteiger partial charge is 0.378 e. The first-order chi connectivity index (χ1) is 17.5. The Kier molecular flexibility index (Phi) is 6.96. The summed E-state index contributed by atoms with van der Waals surface area (Å²) in [6.45, 7) is 10.4. The smallest absolute Gasteiger partial charge is 0.259 e. The highest BCUT2D eigenvalue weighted by atomic mass is 32.2. The Hall–Kier alpha value is -2.65. The van der Waals surface area contributed by atoms with Crippen molar-refractivity contribution < 1.29 is 17.9 Å². The molecule has 37 heavy (non-hydrogen) atoms. The zero-order valence-electron chi connectivity index (χ0n) is 22.1. The molecule has 2 aliphatic heterocycles. The lowest BCUT2D eigenvalue weighted by Gasteiger charge is -2.35. The Labute approximate surface area is 220 Å². The van der Waals surface area contributed by atoms with Crippen LogP contribution in [0.25, 0.3) is 0 Å². The summed E-state index contributed by atoms with van der Waals surface area (Å²) in [5, 5.41) is 2.94. The molecule has 8 nitrogen and oxygen atoms in total. The van der Waals surface area contributed by atoms with Crippen molar-refractivity contribution >= 4 is 33.1 Å². The Morgan fingerprint density at radius 2 is 1.70 bits per heavy atom. The summed E-state index contributed by atoms with van der Waals surface area (Å²) < 4.78 is 31.3. The number of anilines is 3. The maximum absolute atomic E-state index is 13.5. The molecule has 3 heterocycles. The molecule has 3 fully saturated rings. The third-order valence-corrected chi connectivity index (χ3v) is 9.81. The molecule has 1 aromatic heterocycles. The van der Waals surface area contributed by atoms with Gasteiger partial charge in [0.1, 0.15) is 11.6 Å². The van der Waals surface area contributed by atoms with E-state index >= 15 is 0 Å². The van der Waals surface area contributed by atoms with E-state index in [1.165, 1.54) is 12.8 Å². The van der Waals surface area contributed by atoms with Crippen molar-refractivity contribution in [1.82, 2.24) is 4.98 Å². The number of pyridine rings is 1. The fraction of sp³-hybridized carbons (Fsp3) is 0.571.